The SMILES string of the molecule is CC(=O)OC(C)(C)[C@@H]1CC[C@@](C)([C@H](O)COc2ccc(CCNC(=O)c3ccccc3)cc2)O1. The van der Waals surface area contributed by atoms with Crippen LogP contribution in [0.2, 0.25) is 0 Å². The molecule has 0 aliphatic carbocycles. The second-order valence-electron chi connectivity index (χ2n) is 9.50. The normalized spacial score (nSPS) is 21.0. The van der Waals surface area contributed by atoms with E-state index in [1.165, 1.54) is 6.92 Å². The van der Waals surface area contributed by atoms with Gasteiger partial charge < -0.3 is 24.6 Å². The van der Waals surface area contributed by atoms with E-state index in [1.807, 2.05) is 63.2 Å². The minimum atomic E-state index is -0.835. The molecule has 3 atom stereocenters. The summed E-state index contributed by atoms with van der Waals surface area (Å²) >= 11 is 0. The molecule has 2 aromatic carbocycles. The molecule has 2 aromatic rings. The number of aliphatic hydroxyl groups is 1. The Kier molecular flexibility index (Phi) is 8.33. The lowest BCUT2D eigenvalue weighted by Crippen LogP contribution is -2.47. The Bertz CT molecular complexity index is 959. The van der Waals surface area contributed by atoms with Crippen molar-refractivity contribution in [2.75, 3.05) is 13.2 Å². The van der Waals surface area contributed by atoms with Crippen molar-refractivity contribution in [2.24, 2.45) is 0 Å². The average Bonchev–Trinajstić information content (AvgIpc) is 3.22. The van der Waals surface area contributed by atoms with Crippen molar-refractivity contribution in [2.45, 2.75) is 70.4 Å². The number of rotatable bonds is 10. The Morgan fingerprint density at radius 1 is 1.18 bits per heavy atom. The number of esters is 1. The summed E-state index contributed by atoms with van der Waals surface area (Å²) in [4.78, 5) is 23.5. The quantitative estimate of drug-likeness (QED) is 0.516. The Labute approximate surface area is 201 Å². The summed E-state index contributed by atoms with van der Waals surface area (Å²) in [6.07, 6.45) is 0.896. The van der Waals surface area contributed by atoms with Crippen LogP contribution in [0.1, 0.15) is 56.5 Å². The van der Waals surface area contributed by atoms with E-state index >= 15 is 0 Å². The molecule has 7 nitrogen and oxygen atoms in total. The molecule has 1 saturated heterocycles. The molecule has 0 bridgehead atoms. The van der Waals surface area contributed by atoms with Crippen molar-refractivity contribution < 1.29 is 28.9 Å². The average molecular weight is 470 g/mol. The Hall–Kier alpha value is -2.90. The van der Waals surface area contributed by atoms with Gasteiger partial charge in [0.15, 0.2) is 0 Å². The zero-order valence-corrected chi connectivity index (χ0v) is 20.4. The summed E-state index contributed by atoms with van der Waals surface area (Å²) in [5.74, 6) is 0.207. The van der Waals surface area contributed by atoms with Gasteiger partial charge in [0.05, 0.1) is 11.7 Å². The van der Waals surface area contributed by atoms with Crippen LogP contribution in [0, 0.1) is 0 Å². The van der Waals surface area contributed by atoms with Gasteiger partial charge in [-0.05, 0) is 69.9 Å². The van der Waals surface area contributed by atoms with Crippen LogP contribution >= 0.6 is 0 Å². The number of carbonyl (C=O) groups excluding carboxylic acids is 2. The van der Waals surface area contributed by atoms with E-state index in [4.69, 9.17) is 14.2 Å². The van der Waals surface area contributed by atoms with Gasteiger partial charge in [-0.1, -0.05) is 30.3 Å². The van der Waals surface area contributed by atoms with Crippen molar-refractivity contribution in [3.8, 4) is 5.75 Å². The molecular weight excluding hydrogens is 434 g/mol. The molecule has 7 heteroatoms. The molecule has 0 radical (unpaired) electrons. The third-order valence-electron chi connectivity index (χ3n) is 6.27. The largest absolute Gasteiger partial charge is 0.491 e. The number of benzene rings is 2. The molecule has 1 aliphatic heterocycles. The molecule has 0 spiro atoms. The summed E-state index contributed by atoms with van der Waals surface area (Å²) in [5.41, 5.74) is 0.174. The molecule has 1 heterocycles. The van der Waals surface area contributed by atoms with Crippen LogP contribution in [0.5, 0.6) is 5.75 Å². The Morgan fingerprint density at radius 2 is 1.85 bits per heavy atom. The Balaban J connectivity index is 1.44. The molecular formula is C27H35NO6. The topological polar surface area (TPSA) is 94.1 Å². The van der Waals surface area contributed by atoms with Gasteiger partial charge in [0.2, 0.25) is 0 Å². The van der Waals surface area contributed by atoms with Crippen molar-refractivity contribution in [1.29, 1.82) is 0 Å². The predicted octanol–water partition coefficient (Wildman–Crippen LogP) is 3.68. The zero-order valence-electron chi connectivity index (χ0n) is 20.4. The first-order valence-electron chi connectivity index (χ1n) is 11.7. The van der Waals surface area contributed by atoms with Crippen LogP contribution in [-0.4, -0.2) is 53.5 Å². The maximum atomic E-state index is 12.1. The number of ether oxygens (including phenoxy) is 3. The van der Waals surface area contributed by atoms with Gasteiger partial charge in [-0.15, -0.1) is 0 Å². The van der Waals surface area contributed by atoms with E-state index in [0.717, 1.165) is 5.56 Å². The van der Waals surface area contributed by atoms with Crippen LogP contribution in [-0.2, 0) is 20.7 Å². The summed E-state index contributed by atoms with van der Waals surface area (Å²) < 4.78 is 17.3. The minimum absolute atomic E-state index is 0.0870. The standard InChI is InChI=1S/C27H35NO6/c1-19(29)33-26(2,3)24-14-16-27(4,34-24)23(30)18-32-22-12-10-20(11-13-22)15-17-28-25(31)21-8-6-5-7-9-21/h5-13,23-24,30H,14-18H2,1-4H3,(H,28,31)/t23-,24+,27+/m1/s1. The van der Waals surface area contributed by atoms with Crippen LogP contribution in [0.3, 0.4) is 0 Å². The molecule has 1 fully saturated rings. The number of aliphatic hydroxyl groups excluding tert-OH is 1. The smallest absolute Gasteiger partial charge is 0.303 e. The lowest BCUT2D eigenvalue weighted by atomic mass is 9.93. The molecule has 2 N–H and O–H groups in total. The van der Waals surface area contributed by atoms with Crippen LogP contribution < -0.4 is 10.1 Å². The van der Waals surface area contributed by atoms with Gasteiger partial charge in [0.1, 0.15) is 24.1 Å². The lowest BCUT2D eigenvalue weighted by molar-refractivity contribution is -0.185. The van der Waals surface area contributed by atoms with Crippen LogP contribution in [0.25, 0.3) is 0 Å². The van der Waals surface area contributed by atoms with E-state index in [0.29, 0.717) is 37.1 Å². The van der Waals surface area contributed by atoms with E-state index in [2.05, 4.69) is 5.32 Å². The lowest BCUT2D eigenvalue weighted by Gasteiger charge is -2.35. The van der Waals surface area contributed by atoms with E-state index in [1.54, 1.807) is 12.1 Å². The first-order chi connectivity index (χ1) is 16.1. The third kappa shape index (κ3) is 6.81. The second kappa shape index (κ2) is 11.0. The van der Waals surface area contributed by atoms with Crippen molar-refractivity contribution in [3.63, 3.8) is 0 Å². The molecule has 0 saturated carbocycles. The highest BCUT2D eigenvalue weighted by atomic mass is 16.6. The van der Waals surface area contributed by atoms with E-state index < -0.39 is 17.3 Å². The molecule has 1 amide bonds. The maximum Gasteiger partial charge on any atom is 0.303 e. The molecule has 184 valence electrons. The minimum Gasteiger partial charge on any atom is -0.491 e. The van der Waals surface area contributed by atoms with Crippen molar-refractivity contribution in [3.05, 3.63) is 65.7 Å². The maximum absolute atomic E-state index is 12.1. The van der Waals surface area contributed by atoms with Gasteiger partial charge in [-0.3, -0.25) is 9.59 Å². The van der Waals surface area contributed by atoms with E-state index in [-0.39, 0.29) is 24.6 Å². The predicted molar refractivity (Wildman–Crippen MR) is 129 cm³/mol. The molecule has 34 heavy (non-hydrogen) atoms. The highest BCUT2D eigenvalue weighted by molar-refractivity contribution is 5.94. The summed E-state index contributed by atoms with van der Waals surface area (Å²) in [6, 6.07) is 16.7. The molecule has 0 unspecified atom stereocenters. The van der Waals surface area contributed by atoms with Gasteiger partial charge in [0, 0.05) is 19.0 Å². The number of hydrogen-bond donors (Lipinski definition) is 2. The van der Waals surface area contributed by atoms with Gasteiger partial charge in [0.25, 0.3) is 5.91 Å². The highest BCUT2D eigenvalue weighted by Gasteiger charge is 2.48. The van der Waals surface area contributed by atoms with Crippen molar-refractivity contribution in [1.82, 2.24) is 5.32 Å². The van der Waals surface area contributed by atoms with Gasteiger partial charge in [-0.2, -0.15) is 0 Å². The number of hydrogen-bond acceptors (Lipinski definition) is 6. The zero-order chi connectivity index (χ0) is 24.8. The summed E-state index contributed by atoms with van der Waals surface area (Å²) in [7, 11) is 0. The molecule has 1 aliphatic rings. The fraction of sp³-hybridized carbons (Fsp3) is 0.481. The first-order valence-corrected chi connectivity index (χ1v) is 11.7. The van der Waals surface area contributed by atoms with Crippen molar-refractivity contribution >= 4 is 11.9 Å². The first kappa shape index (κ1) is 25.7. The number of nitrogens with one attached hydrogen (secondary N) is 1. The van der Waals surface area contributed by atoms with Crippen LogP contribution in [0.15, 0.2) is 54.6 Å². The molecule has 3 rings (SSSR count). The highest BCUT2D eigenvalue weighted by Crippen LogP contribution is 2.39. The number of amides is 1. The monoisotopic (exact) mass is 469 g/mol. The Morgan fingerprint density at radius 3 is 2.50 bits per heavy atom. The van der Waals surface area contributed by atoms with Gasteiger partial charge >= 0.3 is 5.97 Å². The summed E-state index contributed by atoms with van der Waals surface area (Å²) in [5, 5.41) is 13.7. The fourth-order valence-corrected chi connectivity index (χ4v) is 4.15. The van der Waals surface area contributed by atoms with Crippen LogP contribution in [0.4, 0.5) is 0 Å². The summed E-state index contributed by atoms with van der Waals surface area (Å²) in [6.45, 7) is 7.50. The van der Waals surface area contributed by atoms with Gasteiger partial charge in [-0.25, -0.2) is 0 Å². The fourth-order valence-electron chi connectivity index (χ4n) is 4.15. The number of carbonyl (C=O) groups is 2. The van der Waals surface area contributed by atoms with E-state index in [9.17, 15) is 14.7 Å². The molecule has 0 aromatic heterocycles. The third-order valence-corrected chi connectivity index (χ3v) is 6.27. The second-order valence-corrected chi connectivity index (χ2v) is 9.50.